The predicted octanol–water partition coefficient (Wildman–Crippen LogP) is 1.74. The number of aliphatic hydroxyl groups excluding tert-OH is 1. The lowest BCUT2D eigenvalue weighted by molar-refractivity contribution is -0.142. The van der Waals surface area contributed by atoms with E-state index in [0.29, 0.717) is 16.5 Å². The minimum absolute atomic E-state index is 0.0462. The van der Waals surface area contributed by atoms with Crippen LogP contribution in [-0.2, 0) is 37.4 Å². The van der Waals surface area contributed by atoms with Gasteiger partial charge in [-0.05, 0) is 55.0 Å². The number of nitrogens with one attached hydrogen (secondary N) is 3. The number of imide groups is 1. The van der Waals surface area contributed by atoms with E-state index in [0.717, 1.165) is 21.3 Å². The lowest BCUT2D eigenvalue weighted by atomic mass is 9.89. The molecule has 3 amide bonds. The maximum Gasteiger partial charge on any atom is 0.472 e. The zero-order valence-corrected chi connectivity index (χ0v) is 37.8. The number of nitrogens with zero attached hydrogens (tertiary/aromatic N) is 2. The van der Waals surface area contributed by atoms with Crippen LogP contribution in [0.2, 0.25) is 0 Å². The van der Waals surface area contributed by atoms with Crippen molar-refractivity contribution < 1.29 is 71.6 Å². The number of phenolic OH excluding ortho intramolecular Hbond substituents is 1. The van der Waals surface area contributed by atoms with Gasteiger partial charge in [0.1, 0.15) is 29.4 Å². The molecule has 0 spiro atoms. The molecule has 4 aliphatic rings. The number of phosphoric acid groups is 1. The molecule has 0 radical (unpaired) electrons. The van der Waals surface area contributed by atoms with Crippen molar-refractivity contribution in [2.24, 2.45) is 0 Å². The number of aliphatic hydroxyl groups is 1. The Balaban J connectivity index is 0.775. The summed E-state index contributed by atoms with van der Waals surface area (Å²) in [6, 6.07) is 12.5. The third kappa shape index (κ3) is 12.0. The molecule has 2 fully saturated rings. The van der Waals surface area contributed by atoms with Gasteiger partial charge < -0.3 is 44.2 Å². The summed E-state index contributed by atoms with van der Waals surface area (Å²) in [7, 11) is -4.63. The molecular weight excluding hydrogens is 938 g/mol. The fraction of sp³-hybridized carbons (Fsp3) is 0.372. The molecule has 0 bridgehead atoms. The Labute approximate surface area is 388 Å². The van der Waals surface area contributed by atoms with E-state index in [4.69, 9.17) is 27.7 Å². The van der Waals surface area contributed by atoms with E-state index in [1.807, 2.05) is 0 Å². The number of hydrazine groups is 1. The Bertz CT molecular complexity index is 2900. The van der Waals surface area contributed by atoms with Crippen LogP contribution in [0.15, 0.2) is 79.6 Å². The molecule has 2 aromatic carbocycles. The molecule has 4 heterocycles. The number of hydrogen-bond acceptors (Lipinski definition) is 18. The van der Waals surface area contributed by atoms with Gasteiger partial charge in [0.2, 0.25) is 5.91 Å². The van der Waals surface area contributed by atoms with Gasteiger partial charge >= 0.3 is 19.5 Å². The predicted molar refractivity (Wildman–Crippen MR) is 240 cm³/mol. The molecule has 7 rings (SSSR count). The van der Waals surface area contributed by atoms with Gasteiger partial charge in [0.05, 0.1) is 56.6 Å². The van der Waals surface area contributed by atoms with Crippen molar-refractivity contribution in [3.05, 3.63) is 109 Å². The standard InChI is InChI=1S/C43H46N5O18PS/c1-23-21-47(43(58)46-39(23)53)37-19-31(51)34(66-37)22-64-67(59,60)63-14-15-68-35-20-36(52)48(41(35)55)45-9-11-62-13-12-61-10-8-44-40(54)24-2-5-27(42(56)57)30(16-24)38-28-6-3-25(49)17-32(28)65-33-18-26(50)4-7-29(33)38/h2-7,16-18,21,31,34-35,37,45,49,51H,8-15,19-20,22H2,1H3,(H,44,54)(H,56,57)(H,59,60)(H,46,53,58)/t31-,34-,35?,37-/m1/s1. The number of carbonyl (C=O) groups excluding carboxylic acids is 3. The Morgan fingerprint density at radius 2 is 1.71 bits per heavy atom. The third-order valence-corrected chi connectivity index (χ3v) is 12.9. The van der Waals surface area contributed by atoms with Gasteiger partial charge in [-0.15, -0.1) is 11.8 Å². The number of ether oxygens (including phenoxy) is 3. The van der Waals surface area contributed by atoms with Crippen LogP contribution in [0.1, 0.15) is 45.3 Å². The van der Waals surface area contributed by atoms with Crippen molar-refractivity contribution in [1.29, 1.82) is 0 Å². The molecule has 1 aromatic heterocycles. The molecule has 25 heteroatoms. The maximum atomic E-state index is 13.2. The number of phenols is 1. The number of aromatic carboxylic acids is 1. The van der Waals surface area contributed by atoms with Crippen LogP contribution in [0.5, 0.6) is 5.75 Å². The molecule has 2 saturated heterocycles. The van der Waals surface area contributed by atoms with E-state index in [2.05, 4.69) is 15.7 Å². The molecule has 2 unspecified atom stereocenters. The zero-order chi connectivity index (χ0) is 48.7. The summed E-state index contributed by atoms with van der Waals surface area (Å²) in [5.74, 6) is -2.63. The first kappa shape index (κ1) is 49.8. The number of H-pyrrole nitrogens is 1. The molecule has 68 heavy (non-hydrogen) atoms. The minimum Gasteiger partial charge on any atom is -0.508 e. The van der Waals surface area contributed by atoms with Crippen LogP contribution in [-0.4, -0.2) is 134 Å². The number of aromatic nitrogens is 2. The Kier molecular flexibility index (Phi) is 16.1. The normalized spacial score (nSPS) is 19.2. The smallest absolute Gasteiger partial charge is 0.472 e. The number of aryl methyl sites for hydroxylation is 1. The van der Waals surface area contributed by atoms with Crippen LogP contribution in [0, 0.1) is 6.92 Å². The van der Waals surface area contributed by atoms with E-state index < -0.39 is 73.1 Å². The van der Waals surface area contributed by atoms with Crippen LogP contribution >= 0.6 is 19.6 Å². The first-order valence-corrected chi connectivity index (χ1v) is 23.5. The Morgan fingerprint density at radius 1 is 0.941 bits per heavy atom. The SMILES string of the molecule is Cc1cn([C@H]2C[C@@H](O)[C@@H](COP(=O)(O)OCCSC3CC(=O)N(NCCOCCOCCNC(=O)c4ccc(C(=O)O)c(-c5c6ccc(=O)cc-6oc6cc(O)ccc56)c4)C3=O)O2)c(=O)[nH]c1=O. The summed E-state index contributed by atoms with van der Waals surface area (Å²) in [5.41, 5.74) is 2.59. The average Bonchev–Trinajstić information content (AvgIpc) is 3.80. The molecule has 5 atom stereocenters. The highest BCUT2D eigenvalue weighted by Gasteiger charge is 2.40. The average molecular weight is 984 g/mol. The van der Waals surface area contributed by atoms with E-state index in [9.17, 15) is 58.3 Å². The Morgan fingerprint density at radius 3 is 2.47 bits per heavy atom. The molecule has 0 saturated carbocycles. The fourth-order valence-electron chi connectivity index (χ4n) is 7.40. The third-order valence-electron chi connectivity index (χ3n) is 10.7. The zero-order valence-electron chi connectivity index (χ0n) is 36.1. The second kappa shape index (κ2) is 21.9. The van der Waals surface area contributed by atoms with E-state index in [-0.39, 0.29) is 109 Å². The number of phosphoric ester groups is 1. The van der Waals surface area contributed by atoms with Gasteiger partial charge in [-0.3, -0.25) is 42.6 Å². The van der Waals surface area contributed by atoms with Crippen molar-refractivity contribution in [2.75, 3.05) is 58.5 Å². The van der Waals surface area contributed by atoms with Crippen molar-refractivity contribution in [2.45, 2.75) is 43.5 Å². The number of carboxylic acids is 1. The van der Waals surface area contributed by atoms with E-state index >= 15 is 0 Å². The number of benzene rings is 3. The fourth-order valence-corrected chi connectivity index (χ4v) is 9.23. The van der Waals surface area contributed by atoms with Gasteiger partial charge in [-0.1, -0.05) is 0 Å². The van der Waals surface area contributed by atoms with Crippen molar-refractivity contribution in [1.82, 2.24) is 25.3 Å². The number of carbonyl (C=O) groups is 4. The summed E-state index contributed by atoms with van der Waals surface area (Å²) < 4.78 is 46.1. The van der Waals surface area contributed by atoms with Gasteiger partial charge in [-0.2, -0.15) is 0 Å². The molecule has 362 valence electrons. The van der Waals surface area contributed by atoms with Gasteiger partial charge in [-0.25, -0.2) is 24.6 Å². The second-order valence-electron chi connectivity index (χ2n) is 15.4. The number of rotatable bonds is 22. The number of carboxylic acid groups (broad SMARTS) is 1. The number of hydrogen-bond donors (Lipinski definition) is 7. The van der Waals surface area contributed by atoms with Crippen LogP contribution in [0.3, 0.4) is 0 Å². The van der Waals surface area contributed by atoms with Crippen molar-refractivity contribution in [3.63, 3.8) is 0 Å². The van der Waals surface area contributed by atoms with Crippen LogP contribution in [0.4, 0.5) is 0 Å². The van der Waals surface area contributed by atoms with Gasteiger partial charge in [0.25, 0.3) is 17.4 Å². The van der Waals surface area contributed by atoms with Crippen LogP contribution in [0.25, 0.3) is 33.4 Å². The van der Waals surface area contributed by atoms with Crippen LogP contribution < -0.4 is 27.4 Å². The summed E-state index contributed by atoms with van der Waals surface area (Å²) in [6.45, 7) is 1.35. The minimum atomic E-state index is -4.63. The number of aromatic amines is 1. The van der Waals surface area contributed by atoms with E-state index in [1.54, 1.807) is 6.07 Å². The molecular formula is C43H46N5O18PS. The lowest BCUT2D eigenvalue weighted by Gasteiger charge is -2.18. The Hall–Kier alpha value is -6.05. The second-order valence-corrected chi connectivity index (χ2v) is 18.2. The highest BCUT2D eigenvalue weighted by Crippen LogP contribution is 2.45. The van der Waals surface area contributed by atoms with Gasteiger partial charge in [0, 0.05) is 77.7 Å². The van der Waals surface area contributed by atoms with Crippen molar-refractivity contribution >= 4 is 54.2 Å². The summed E-state index contributed by atoms with van der Waals surface area (Å²) >= 11 is 1.04. The van der Waals surface area contributed by atoms with Gasteiger partial charge in [0.15, 0.2) is 5.43 Å². The monoisotopic (exact) mass is 983 g/mol. The van der Waals surface area contributed by atoms with Crippen molar-refractivity contribution in [3.8, 4) is 28.2 Å². The largest absolute Gasteiger partial charge is 0.508 e. The molecule has 1 aliphatic carbocycles. The number of thioether (sulfide) groups is 1. The molecule has 3 aliphatic heterocycles. The molecule has 3 aromatic rings. The molecule has 7 N–H and O–H groups in total. The first-order valence-electron chi connectivity index (χ1n) is 21.0. The topological polar surface area (TPSA) is 325 Å². The highest BCUT2D eigenvalue weighted by atomic mass is 32.2. The highest BCUT2D eigenvalue weighted by molar-refractivity contribution is 8.00. The summed E-state index contributed by atoms with van der Waals surface area (Å²) in [6.07, 6.45) is -2.07. The number of aromatic hydroxyl groups is 1. The van der Waals surface area contributed by atoms with E-state index in [1.165, 1.54) is 61.7 Å². The summed E-state index contributed by atoms with van der Waals surface area (Å²) in [4.78, 5) is 99.2. The number of fused-ring (bicyclic) bond motifs is 2. The maximum absolute atomic E-state index is 13.2. The summed E-state index contributed by atoms with van der Waals surface area (Å²) in [5, 5.41) is 33.8. The lowest BCUT2D eigenvalue weighted by Crippen LogP contribution is -2.44. The molecule has 23 nitrogen and oxygen atoms in total. The number of amides is 3. The first-order chi connectivity index (χ1) is 32.5. The quantitative estimate of drug-likeness (QED) is 0.0225.